The number of nitrogens with zero attached hydrogens (tertiary/aromatic N) is 1. The molecule has 0 atom stereocenters. The van der Waals surface area contributed by atoms with Gasteiger partial charge in [0.1, 0.15) is 0 Å². The zero-order chi connectivity index (χ0) is 15.5. The van der Waals surface area contributed by atoms with Crippen LogP contribution in [0.5, 0.6) is 11.5 Å². The summed E-state index contributed by atoms with van der Waals surface area (Å²) in [6, 6.07) is 12.3. The lowest BCUT2D eigenvalue weighted by atomic mass is 10.0. The largest absolute Gasteiger partial charge is 0.493 e. The number of methoxy groups -OCH3 is 2. The average molecular weight is 298 g/mol. The van der Waals surface area contributed by atoms with Crippen molar-refractivity contribution < 1.29 is 9.47 Å². The summed E-state index contributed by atoms with van der Waals surface area (Å²) in [5, 5.41) is 0. The Morgan fingerprint density at radius 2 is 1.86 bits per heavy atom. The molecule has 0 radical (unpaired) electrons. The van der Waals surface area contributed by atoms with Crippen LogP contribution >= 0.6 is 0 Å². The van der Waals surface area contributed by atoms with Crippen molar-refractivity contribution in [3.05, 3.63) is 47.5 Å². The molecule has 1 heterocycles. The molecular weight excluding hydrogens is 276 g/mol. The number of rotatable bonds is 4. The maximum absolute atomic E-state index is 5.90. The first kappa shape index (κ1) is 14.6. The van der Waals surface area contributed by atoms with Gasteiger partial charge < -0.3 is 20.1 Å². The van der Waals surface area contributed by atoms with Gasteiger partial charge in [-0.05, 0) is 54.3 Å². The molecule has 0 saturated heterocycles. The SMILES string of the molecule is COc1ccc(CN2CCCc3cc(N)ccc32)cc1OC. The van der Waals surface area contributed by atoms with Crippen molar-refractivity contribution in [2.45, 2.75) is 19.4 Å². The highest BCUT2D eigenvalue weighted by atomic mass is 16.5. The molecule has 4 nitrogen and oxygen atoms in total. The third-order valence-electron chi connectivity index (χ3n) is 4.14. The van der Waals surface area contributed by atoms with E-state index in [1.807, 2.05) is 18.2 Å². The Balaban J connectivity index is 1.85. The molecule has 0 bridgehead atoms. The Morgan fingerprint density at radius 1 is 1.05 bits per heavy atom. The highest BCUT2D eigenvalue weighted by Gasteiger charge is 2.17. The van der Waals surface area contributed by atoms with Crippen molar-refractivity contribution in [1.82, 2.24) is 0 Å². The minimum absolute atomic E-state index is 0.762. The van der Waals surface area contributed by atoms with E-state index in [1.54, 1.807) is 14.2 Å². The van der Waals surface area contributed by atoms with Gasteiger partial charge in [0.2, 0.25) is 0 Å². The van der Waals surface area contributed by atoms with E-state index < -0.39 is 0 Å². The van der Waals surface area contributed by atoms with Gasteiger partial charge in [-0.1, -0.05) is 6.07 Å². The molecule has 2 N–H and O–H groups in total. The van der Waals surface area contributed by atoms with E-state index in [-0.39, 0.29) is 0 Å². The summed E-state index contributed by atoms with van der Waals surface area (Å²) >= 11 is 0. The van der Waals surface area contributed by atoms with E-state index in [0.29, 0.717) is 0 Å². The first-order valence-corrected chi connectivity index (χ1v) is 7.55. The van der Waals surface area contributed by atoms with Gasteiger partial charge in [0.15, 0.2) is 11.5 Å². The van der Waals surface area contributed by atoms with Gasteiger partial charge in [0, 0.05) is 24.5 Å². The van der Waals surface area contributed by atoms with Crippen molar-refractivity contribution in [1.29, 1.82) is 0 Å². The lowest BCUT2D eigenvalue weighted by Crippen LogP contribution is -2.28. The number of hydrogen-bond acceptors (Lipinski definition) is 4. The number of nitrogens with two attached hydrogens (primary N) is 1. The molecule has 22 heavy (non-hydrogen) atoms. The van der Waals surface area contributed by atoms with E-state index in [1.165, 1.54) is 16.8 Å². The molecule has 3 rings (SSSR count). The summed E-state index contributed by atoms with van der Waals surface area (Å²) in [5.74, 6) is 1.53. The van der Waals surface area contributed by atoms with Crippen LogP contribution in [0, 0.1) is 0 Å². The summed E-state index contributed by atoms with van der Waals surface area (Å²) in [7, 11) is 3.32. The van der Waals surface area contributed by atoms with Gasteiger partial charge in [-0.3, -0.25) is 0 Å². The van der Waals surface area contributed by atoms with Crippen molar-refractivity contribution >= 4 is 11.4 Å². The van der Waals surface area contributed by atoms with Crippen LogP contribution in [0.25, 0.3) is 0 Å². The second-order valence-corrected chi connectivity index (χ2v) is 5.60. The van der Waals surface area contributed by atoms with Crippen molar-refractivity contribution in [2.24, 2.45) is 0 Å². The molecule has 0 aliphatic carbocycles. The van der Waals surface area contributed by atoms with Crippen molar-refractivity contribution in [2.75, 3.05) is 31.4 Å². The highest BCUT2D eigenvalue weighted by molar-refractivity contribution is 5.61. The monoisotopic (exact) mass is 298 g/mol. The summed E-state index contributed by atoms with van der Waals surface area (Å²) < 4.78 is 10.7. The molecule has 0 spiro atoms. The lowest BCUT2D eigenvalue weighted by Gasteiger charge is -2.31. The third kappa shape index (κ3) is 2.82. The molecule has 2 aromatic carbocycles. The summed E-state index contributed by atoms with van der Waals surface area (Å²) in [4.78, 5) is 2.40. The molecule has 0 amide bonds. The number of hydrogen-bond donors (Lipinski definition) is 1. The Hall–Kier alpha value is -2.36. The van der Waals surface area contributed by atoms with E-state index in [2.05, 4.69) is 23.1 Å². The molecular formula is C18H22N2O2. The molecule has 0 unspecified atom stereocenters. The molecule has 2 aromatic rings. The van der Waals surface area contributed by atoms with Crippen LogP contribution in [0.3, 0.4) is 0 Å². The Bertz CT molecular complexity index is 670. The van der Waals surface area contributed by atoms with Crippen LogP contribution in [0.4, 0.5) is 11.4 Å². The number of ether oxygens (including phenoxy) is 2. The molecule has 1 aliphatic rings. The Morgan fingerprint density at radius 3 is 2.64 bits per heavy atom. The first-order chi connectivity index (χ1) is 10.7. The Labute approximate surface area is 131 Å². The van der Waals surface area contributed by atoms with Crippen LogP contribution in [-0.2, 0) is 13.0 Å². The molecule has 1 aliphatic heterocycles. The van der Waals surface area contributed by atoms with E-state index >= 15 is 0 Å². The highest BCUT2D eigenvalue weighted by Crippen LogP contribution is 2.32. The fourth-order valence-corrected chi connectivity index (χ4v) is 3.06. The van der Waals surface area contributed by atoms with Crippen LogP contribution in [0.1, 0.15) is 17.5 Å². The number of anilines is 2. The van der Waals surface area contributed by atoms with Gasteiger partial charge in [-0.25, -0.2) is 0 Å². The summed E-state index contributed by atoms with van der Waals surface area (Å²) in [6.07, 6.45) is 2.26. The number of aryl methyl sites for hydroxylation is 1. The van der Waals surface area contributed by atoms with Gasteiger partial charge in [-0.2, -0.15) is 0 Å². The van der Waals surface area contributed by atoms with E-state index in [9.17, 15) is 0 Å². The van der Waals surface area contributed by atoms with Crippen LogP contribution in [0.15, 0.2) is 36.4 Å². The minimum atomic E-state index is 0.762. The molecule has 0 fully saturated rings. The topological polar surface area (TPSA) is 47.7 Å². The van der Waals surface area contributed by atoms with E-state index in [0.717, 1.165) is 43.1 Å². The number of benzene rings is 2. The number of nitrogen functional groups attached to an aromatic ring is 1. The second-order valence-electron chi connectivity index (χ2n) is 5.60. The zero-order valence-electron chi connectivity index (χ0n) is 13.1. The van der Waals surface area contributed by atoms with Gasteiger partial charge in [0.25, 0.3) is 0 Å². The van der Waals surface area contributed by atoms with E-state index in [4.69, 9.17) is 15.2 Å². The van der Waals surface area contributed by atoms with Gasteiger partial charge >= 0.3 is 0 Å². The molecule has 0 saturated carbocycles. The predicted molar refractivity (Wildman–Crippen MR) is 89.8 cm³/mol. The first-order valence-electron chi connectivity index (χ1n) is 7.55. The zero-order valence-corrected chi connectivity index (χ0v) is 13.1. The van der Waals surface area contributed by atoms with Gasteiger partial charge in [0.05, 0.1) is 14.2 Å². The van der Waals surface area contributed by atoms with Crippen LogP contribution in [0.2, 0.25) is 0 Å². The fourth-order valence-electron chi connectivity index (χ4n) is 3.06. The fraction of sp³-hybridized carbons (Fsp3) is 0.333. The standard InChI is InChI=1S/C18H22N2O2/c1-21-17-8-5-13(10-18(17)22-2)12-20-9-3-4-14-11-15(19)6-7-16(14)20/h5-8,10-11H,3-4,9,12,19H2,1-2H3. The van der Waals surface area contributed by atoms with Crippen LogP contribution < -0.4 is 20.1 Å². The smallest absolute Gasteiger partial charge is 0.161 e. The predicted octanol–water partition coefficient (Wildman–Crippen LogP) is 3.24. The number of fused-ring (bicyclic) bond motifs is 1. The minimum Gasteiger partial charge on any atom is -0.493 e. The maximum atomic E-state index is 5.90. The van der Waals surface area contributed by atoms with Gasteiger partial charge in [-0.15, -0.1) is 0 Å². The van der Waals surface area contributed by atoms with Crippen molar-refractivity contribution in [3.63, 3.8) is 0 Å². The summed E-state index contributed by atoms with van der Waals surface area (Å²) in [5.41, 5.74) is 10.6. The average Bonchev–Trinajstić information content (AvgIpc) is 2.54. The molecule has 4 heteroatoms. The normalized spacial score (nSPS) is 13.6. The molecule has 0 aromatic heterocycles. The Kier molecular flexibility index (Phi) is 4.09. The quantitative estimate of drug-likeness (QED) is 0.880. The molecule has 116 valence electrons. The lowest BCUT2D eigenvalue weighted by molar-refractivity contribution is 0.354. The van der Waals surface area contributed by atoms with Crippen molar-refractivity contribution in [3.8, 4) is 11.5 Å². The van der Waals surface area contributed by atoms with Crippen LogP contribution in [-0.4, -0.2) is 20.8 Å². The maximum Gasteiger partial charge on any atom is 0.161 e. The summed E-state index contributed by atoms with van der Waals surface area (Å²) in [6.45, 7) is 1.92. The second kappa shape index (κ2) is 6.18. The third-order valence-corrected chi connectivity index (χ3v) is 4.14.